The second-order valence-electron chi connectivity index (χ2n) is 4.30. The van der Waals surface area contributed by atoms with Crippen LogP contribution in [0.25, 0.3) is 0 Å². The highest BCUT2D eigenvalue weighted by atomic mass is 35.5. The molecule has 1 amide bonds. The maximum Gasteiger partial charge on any atom is 0.255 e. The maximum absolute atomic E-state index is 12.3. The minimum atomic E-state index is -0.147. The van der Waals surface area contributed by atoms with E-state index in [9.17, 15) is 4.79 Å². The second-order valence-corrected chi connectivity index (χ2v) is 5.11. The van der Waals surface area contributed by atoms with E-state index < -0.39 is 0 Å². The van der Waals surface area contributed by atoms with Crippen molar-refractivity contribution in [2.45, 2.75) is 6.54 Å². The van der Waals surface area contributed by atoms with Gasteiger partial charge in [-0.25, -0.2) is 0 Å². The molecule has 2 N–H and O–H groups in total. The van der Waals surface area contributed by atoms with E-state index in [2.05, 4.69) is 4.98 Å². The fraction of sp³-hybridized carbons (Fsp3) is 0.214. The smallest absolute Gasteiger partial charge is 0.255 e. The molecule has 2 aromatic rings. The Labute approximate surface area is 126 Å². The van der Waals surface area contributed by atoms with Crippen LogP contribution in [0.1, 0.15) is 15.9 Å². The molecule has 0 aliphatic heterocycles. The van der Waals surface area contributed by atoms with Gasteiger partial charge in [0.15, 0.2) is 0 Å². The second kappa shape index (κ2) is 6.79. The maximum atomic E-state index is 12.3. The van der Waals surface area contributed by atoms with Gasteiger partial charge in [0.05, 0.1) is 22.2 Å². The lowest BCUT2D eigenvalue weighted by Crippen LogP contribution is -2.32. The van der Waals surface area contributed by atoms with Gasteiger partial charge < -0.3 is 15.0 Å². The molecule has 106 valence electrons. The number of hydrogen-bond donors (Lipinski definition) is 2. The highest BCUT2D eigenvalue weighted by Gasteiger charge is 2.16. The predicted octanol–water partition coefficient (Wildman–Crippen LogP) is 2.96. The van der Waals surface area contributed by atoms with Crippen LogP contribution in [0, 0.1) is 0 Å². The normalized spacial score (nSPS) is 10.6. The quantitative estimate of drug-likeness (QED) is 0.891. The number of nitrogens with zero attached hydrogens (tertiary/aromatic N) is 1. The standard InChI is InChI=1S/C14H14Cl2N2O2/c15-12-2-1-10(7-13(12)16)9-18(5-6-19)14(20)11-3-4-17-8-11/h1-4,7-8,17,19H,5-6,9H2. The van der Waals surface area contributed by atoms with Crippen LogP contribution in [-0.4, -0.2) is 34.0 Å². The summed E-state index contributed by atoms with van der Waals surface area (Å²) < 4.78 is 0. The number of halogens is 2. The van der Waals surface area contributed by atoms with Crippen LogP contribution in [0.15, 0.2) is 36.7 Å². The van der Waals surface area contributed by atoms with Crippen LogP contribution in [-0.2, 0) is 6.54 Å². The van der Waals surface area contributed by atoms with Gasteiger partial charge in [0.2, 0.25) is 0 Å². The van der Waals surface area contributed by atoms with Crippen LogP contribution in [0.2, 0.25) is 10.0 Å². The molecule has 2 rings (SSSR count). The van der Waals surface area contributed by atoms with Crippen molar-refractivity contribution in [1.29, 1.82) is 0 Å². The third kappa shape index (κ3) is 3.54. The Morgan fingerprint density at radius 3 is 2.65 bits per heavy atom. The van der Waals surface area contributed by atoms with Crippen molar-refractivity contribution in [2.24, 2.45) is 0 Å². The fourth-order valence-electron chi connectivity index (χ4n) is 1.87. The Morgan fingerprint density at radius 1 is 1.25 bits per heavy atom. The molecule has 0 aliphatic rings. The summed E-state index contributed by atoms with van der Waals surface area (Å²) in [7, 11) is 0. The van der Waals surface area contributed by atoms with E-state index >= 15 is 0 Å². The van der Waals surface area contributed by atoms with E-state index in [-0.39, 0.29) is 19.1 Å². The molecule has 6 heteroatoms. The Balaban J connectivity index is 2.16. The zero-order valence-corrected chi connectivity index (χ0v) is 12.2. The minimum absolute atomic E-state index is 0.0997. The molecule has 0 saturated carbocycles. The van der Waals surface area contributed by atoms with Gasteiger partial charge in [0.1, 0.15) is 0 Å². The molecule has 0 radical (unpaired) electrons. The molecule has 20 heavy (non-hydrogen) atoms. The van der Waals surface area contributed by atoms with Gasteiger partial charge >= 0.3 is 0 Å². The van der Waals surface area contributed by atoms with Crippen molar-refractivity contribution in [1.82, 2.24) is 9.88 Å². The van der Waals surface area contributed by atoms with E-state index in [1.54, 1.807) is 35.5 Å². The Kier molecular flexibility index (Phi) is 5.06. The number of H-pyrrole nitrogens is 1. The number of aliphatic hydroxyl groups excluding tert-OH is 1. The highest BCUT2D eigenvalue weighted by molar-refractivity contribution is 6.42. The number of carbonyl (C=O) groups is 1. The highest BCUT2D eigenvalue weighted by Crippen LogP contribution is 2.23. The van der Waals surface area contributed by atoms with Crippen molar-refractivity contribution in [3.63, 3.8) is 0 Å². The van der Waals surface area contributed by atoms with E-state index in [1.807, 2.05) is 6.07 Å². The molecule has 1 heterocycles. The largest absolute Gasteiger partial charge is 0.395 e. The summed E-state index contributed by atoms with van der Waals surface area (Å²) in [4.78, 5) is 16.7. The van der Waals surface area contributed by atoms with Crippen LogP contribution >= 0.6 is 23.2 Å². The number of amides is 1. The summed E-state index contributed by atoms with van der Waals surface area (Å²) in [5.74, 6) is -0.147. The van der Waals surface area contributed by atoms with Gasteiger partial charge in [-0.1, -0.05) is 29.3 Å². The summed E-state index contributed by atoms with van der Waals surface area (Å²) in [6, 6.07) is 6.92. The summed E-state index contributed by atoms with van der Waals surface area (Å²) >= 11 is 11.8. The molecule has 0 aliphatic carbocycles. The van der Waals surface area contributed by atoms with Crippen molar-refractivity contribution in [2.75, 3.05) is 13.2 Å². The summed E-state index contributed by atoms with van der Waals surface area (Å²) in [6.45, 7) is 0.517. The summed E-state index contributed by atoms with van der Waals surface area (Å²) in [5, 5.41) is 10.0. The molecule has 0 spiro atoms. The van der Waals surface area contributed by atoms with Crippen molar-refractivity contribution in [3.8, 4) is 0 Å². The van der Waals surface area contributed by atoms with E-state index in [1.165, 1.54) is 0 Å². The first-order valence-corrected chi connectivity index (χ1v) is 6.84. The first kappa shape index (κ1) is 14.9. The van der Waals surface area contributed by atoms with Gasteiger partial charge in [-0.2, -0.15) is 0 Å². The Bertz CT molecular complexity index is 585. The molecular weight excluding hydrogens is 299 g/mol. The molecule has 0 saturated heterocycles. The zero-order valence-electron chi connectivity index (χ0n) is 10.6. The molecule has 0 atom stereocenters. The molecule has 0 fully saturated rings. The van der Waals surface area contributed by atoms with Crippen molar-refractivity contribution in [3.05, 3.63) is 57.8 Å². The van der Waals surface area contributed by atoms with Gasteiger partial charge in [0.25, 0.3) is 5.91 Å². The third-order valence-corrected chi connectivity index (χ3v) is 3.60. The Hall–Kier alpha value is -1.49. The van der Waals surface area contributed by atoms with Gasteiger partial charge in [-0.05, 0) is 23.8 Å². The number of aromatic nitrogens is 1. The summed E-state index contributed by atoms with van der Waals surface area (Å²) in [5.41, 5.74) is 1.41. The average Bonchev–Trinajstić information content (AvgIpc) is 2.95. The number of aliphatic hydroxyl groups is 1. The van der Waals surface area contributed by atoms with Crippen molar-refractivity contribution >= 4 is 29.1 Å². The fourth-order valence-corrected chi connectivity index (χ4v) is 2.19. The van der Waals surface area contributed by atoms with Crippen LogP contribution in [0.3, 0.4) is 0 Å². The topological polar surface area (TPSA) is 56.3 Å². The van der Waals surface area contributed by atoms with Crippen LogP contribution < -0.4 is 0 Å². The number of carbonyl (C=O) groups excluding carboxylic acids is 1. The van der Waals surface area contributed by atoms with Crippen LogP contribution in [0.4, 0.5) is 0 Å². The average molecular weight is 313 g/mol. The zero-order chi connectivity index (χ0) is 14.5. The number of benzene rings is 1. The SMILES string of the molecule is O=C(c1cc[nH]c1)N(CCO)Cc1ccc(Cl)c(Cl)c1. The first-order chi connectivity index (χ1) is 9.61. The lowest BCUT2D eigenvalue weighted by atomic mass is 10.2. The van der Waals surface area contributed by atoms with Gasteiger partial charge in [-0.15, -0.1) is 0 Å². The van der Waals surface area contributed by atoms with Gasteiger partial charge in [0, 0.05) is 25.5 Å². The third-order valence-electron chi connectivity index (χ3n) is 2.86. The Morgan fingerprint density at radius 2 is 2.05 bits per heavy atom. The molecule has 0 unspecified atom stereocenters. The first-order valence-electron chi connectivity index (χ1n) is 6.08. The predicted molar refractivity (Wildman–Crippen MR) is 79.1 cm³/mol. The molecule has 0 bridgehead atoms. The van der Waals surface area contributed by atoms with E-state index in [0.29, 0.717) is 22.2 Å². The minimum Gasteiger partial charge on any atom is -0.395 e. The number of nitrogens with one attached hydrogen (secondary N) is 1. The lowest BCUT2D eigenvalue weighted by Gasteiger charge is -2.21. The monoisotopic (exact) mass is 312 g/mol. The number of aromatic amines is 1. The van der Waals surface area contributed by atoms with E-state index in [0.717, 1.165) is 5.56 Å². The number of hydrogen-bond acceptors (Lipinski definition) is 2. The molecule has 1 aromatic heterocycles. The number of rotatable bonds is 5. The van der Waals surface area contributed by atoms with Gasteiger partial charge in [-0.3, -0.25) is 4.79 Å². The lowest BCUT2D eigenvalue weighted by molar-refractivity contribution is 0.0708. The van der Waals surface area contributed by atoms with Crippen LogP contribution in [0.5, 0.6) is 0 Å². The van der Waals surface area contributed by atoms with Crippen molar-refractivity contribution < 1.29 is 9.90 Å². The molecular formula is C14H14Cl2N2O2. The molecule has 4 nitrogen and oxygen atoms in total. The summed E-state index contributed by atoms with van der Waals surface area (Å²) in [6.07, 6.45) is 3.31. The molecule has 1 aromatic carbocycles. The van der Waals surface area contributed by atoms with E-state index in [4.69, 9.17) is 28.3 Å².